The molecule has 3 rings (SSSR count). The van der Waals surface area contributed by atoms with Gasteiger partial charge in [-0.2, -0.15) is 0 Å². The molecule has 0 aliphatic carbocycles. The second kappa shape index (κ2) is 7.42. The maximum Gasteiger partial charge on any atom is 0.193 e. The van der Waals surface area contributed by atoms with Crippen molar-refractivity contribution < 1.29 is 9.53 Å². The summed E-state index contributed by atoms with van der Waals surface area (Å²) in [6.45, 7) is 0. The van der Waals surface area contributed by atoms with Gasteiger partial charge in [0.1, 0.15) is 5.75 Å². The largest absolute Gasteiger partial charge is 0.497 e. The van der Waals surface area contributed by atoms with Crippen molar-refractivity contribution in [3.8, 4) is 5.75 Å². The normalized spacial score (nSPS) is 11.1. The summed E-state index contributed by atoms with van der Waals surface area (Å²) in [5, 5.41) is 0. The molecule has 0 aliphatic heterocycles. The number of benzene rings is 3. The van der Waals surface area contributed by atoms with Crippen LogP contribution in [0, 0.1) is 0 Å². The molecular formula is C22H18O2. The van der Waals surface area contributed by atoms with E-state index in [1.165, 1.54) is 0 Å². The Kier molecular flexibility index (Phi) is 4.87. The molecule has 3 aromatic carbocycles. The highest BCUT2D eigenvalue weighted by molar-refractivity contribution is 6.32. The average Bonchev–Trinajstić information content (AvgIpc) is 2.67. The van der Waals surface area contributed by atoms with Crippen LogP contribution < -0.4 is 4.74 Å². The van der Waals surface area contributed by atoms with Crippen molar-refractivity contribution in [2.24, 2.45) is 0 Å². The Bertz CT molecular complexity index is 832. The Morgan fingerprint density at radius 2 is 1.33 bits per heavy atom. The predicted molar refractivity (Wildman–Crippen MR) is 98.1 cm³/mol. The number of hydrogen-bond acceptors (Lipinski definition) is 2. The van der Waals surface area contributed by atoms with Gasteiger partial charge in [0.2, 0.25) is 0 Å². The van der Waals surface area contributed by atoms with Crippen LogP contribution in [0.4, 0.5) is 0 Å². The molecule has 0 aromatic heterocycles. The number of ether oxygens (including phenoxy) is 1. The third-order valence-corrected chi connectivity index (χ3v) is 3.79. The Labute approximate surface area is 142 Å². The van der Waals surface area contributed by atoms with Gasteiger partial charge in [-0.3, -0.25) is 4.79 Å². The minimum Gasteiger partial charge on any atom is -0.497 e. The monoisotopic (exact) mass is 314 g/mol. The Morgan fingerprint density at radius 1 is 0.750 bits per heavy atom. The van der Waals surface area contributed by atoms with E-state index in [0.29, 0.717) is 11.1 Å². The van der Waals surface area contributed by atoms with Gasteiger partial charge in [-0.1, -0.05) is 72.8 Å². The molecule has 0 bridgehead atoms. The van der Waals surface area contributed by atoms with Gasteiger partial charge >= 0.3 is 0 Å². The molecule has 0 N–H and O–H groups in total. The van der Waals surface area contributed by atoms with Gasteiger partial charge in [-0.05, 0) is 29.3 Å². The molecule has 0 radical (unpaired) electrons. The van der Waals surface area contributed by atoms with E-state index in [1.807, 2.05) is 91.0 Å². The SMILES string of the molecule is COc1ccc(/C(=C/c2ccccc2)C(=O)c2ccccc2)cc1. The van der Waals surface area contributed by atoms with E-state index in [0.717, 1.165) is 16.9 Å². The number of allylic oxidation sites excluding steroid dienone is 1. The van der Waals surface area contributed by atoms with Crippen LogP contribution in [0.15, 0.2) is 84.9 Å². The molecular weight excluding hydrogens is 296 g/mol. The van der Waals surface area contributed by atoms with E-state index in [-0.39, 0.29) is 5.78 Å². The molecule has 0 heterocycles. The van der Waals surface area contributed by atoms with Crippen molar-refractivity contribution in [3.63, 3.8) is 0 Å². The van der Waals surface area contributed by atoms with E-state index in [1.54, 1.807) is 7.11 Å². The Balaban J connectivity index is 2.06. The lowest BCUT2D eigenvalue weighted by Crippen LogP contribution is -2.02. The molecule has 0 saturated heterocycles. The van der Waals surface area contributed by atoms with Gasteiger partial charge in [-0.15, -0.1) is 0 Å². The zero-order chi connectivity index (χ0) is 16.8. The van der Waals surface area contributed by atoms with E-state index in [9.17, 15) is 4.79 Å². The van der Waals surface area contributed by atoms with Crippen molar-refractivity contribution in [2.75, 3.05) is 7.11 Å². The van der Waals surface area contributed by atoms with Gasteiger partial charge in [0.25, 0.3) is 0 Å². The predicted octanol–water partition coefficient (Wildman–Crippen LogP) is 5.12. The third kappa shape index (κ3) is 3.61. The number of methoxy groups -OCH3 is 1. The molecule has 0 aliphatic rings. The average molecular weight is 314 g/mol. The maximum atomic E-state index is 13.0. The van der Waals surface area contributed by atoms with Crippen molar-refractivity contribution in [1.29, 1.82) is 0 Å². The highest BCUT2D eigenvalue weighted by Crippen LogP contribution is 2.25. The smallest absolute Gasteiger partial charge is 0.193 e. The van der Waals surface area contributed by atoms with Crippen LogP contribution in [0.1, 0.15) is 21.5 Å². The molecule has 24 heavy (non-hydrogen) atoms. The molecule has 0 fully saturated rings. The number of carbonyl (C=O) groups excluding carboxylic acids is 1. The standard InChI is InChI=1S/C22H18O2/c1-24-20-14-12-18(13-15-20)21(16-17-8-4-2-5-9-17)22(23)19-10-6-3-7-11-19/h2-16H,1H3/b21-16-. The summed E-state index contributed by atoms with van der Waals surface area (Å²) < 4.78 is 5.21. The Hall–Kier alpha value is -3.13. The number of carbonyl (C=O) groups is 1. The molecule has 2 heteroatoms. The summed E-state index contributed by atoms with van der Waals surface area (Å²) in [6.07, 6.45) is 1.93. The van der Waals surface area contributed by atoms with Crippen LogP contribution in [-0.2, 0) is 0 Å². The minimum absolute atomic E-state index is 0.00428. The summed E-state index contributed by atoms with van der Waals surface area (Å²) in [5.41, 5.74) is 3.20. The van der Waals surface area contributed by atoms with Gasteiger partial charge in [0.15, 0.2) is 5.78 Å². The van der Waals surface area contributed by atoms with Gasteiger partial charge in [-0.25, -0.2) is 0 Å². The first-order valence-corrected chi connectivity index (χ1v) is 7.79. The summed E-state index contributed by atoms with van der Waals surface area (Å²) in [4.78, 5) is 13.0. The summed E-state index contributed by atoms with van der Waals surface area (Å²) in [6, 6.07) is 26.8. The first-order valence-electron chi connectivity index (χ1n) is 7.79. The lowest BCUT2D eigenvalue weighted by atomic mass is 9.94. The second-order valence-corrected chi connectivity index (χ2v) is 5.39. The molecule has 2 nitrogen and oxygen atoms in total. The van der Waals surface area contributed by atoms with Crippen molar-refractivity contribution in [2.45, 2.75) is 0 Å². The topological polar surface area (TPSA) is 26.3 Å². The fourth-order valence-electron chi connectivity index (χ4n) is 2.51. The minimum atomic E-state index is 0.00428. The highest BCUT2D eigenvalue weighted by Gasteiger charge is 2.14. The van der Waals surface area contributed by atoms with Gasteiger partial charge in [0, 0.05) is 11.1 Å². The fourth-order valence-corrected chi connectivity index (χ4v) is 2.51. The van der Waals surface area contributed by atoms with Crippen LogP contribution in [0.5, 0.6) is 5.75 Å². The zero-order valence-electron chi connectivity index (χ0n) is 13.5. The summed E-state index contributed by atoms with van der Waals surface area (Å²) >= 11 is 0. The van der Waals surface area contributed by atoms with Crippen LogP contribution in [-0.4, -0.2) is 12.9 Å². The van der Waals surface area contributed by atoms with Crippen molar-refractivity contribution in [1.82, 2.24) is 0 Å². The van der Waals surface area contributed by atoms with Crippen LogP contribution in [0.3, 0.4) is 0 Å². The third-order valence-electron chi connectivity index (χ3n) is 3.79. The zero-order valence-corrected chi connectivity index (χ0v) is 13.5. The van der Waals surface area contributed by atoms with E-state index >= 15 is 0 Å². The van der Waals surface area contributed by atoms with E-state index < -0.39 is 0 Å². The van der Waals surface area contributed by atoms with E-state index in [2.05, 4.69) is 0 Å². The molecule has 0 spiro atoms. The van der Waals surface area contributed by atoms with Gasteiger partial charge in [0.05, 0.1) is 7.11 Å². The number of ketones is 1. The molecule has 0 saturated carbocycles. The molecule has 0 unspecified atom stereocenters. The van der Waals surface area contributed by atoms with Crippen LogP contribution in [0.2, 0.25) is 0 Å². The first-order chi connectivity index (χ1) is 11.8. The van der Waals surface area contributed by atoms with Crippen molar-refractivity contribution in [3.05, 3.63) is 102 Å². The Morgan fingerprint density at radius 3 is 1.92 bits per heavy atom. The lowest BCUT2D eigenvalue weighted by molar-refractivity contribution is 0.105. The number of rotatable bonds is 5. The lowest BCUT2D eigenvalue weighted by Gasteiger charge is -2.09. The van der Waals surface area contributed by atoms with Crippen LogP contribution in [0.25, 0.3) is 11.6 Å². The fraction of sp³-hybridized carbons (Fsp3) is 0.0455. The molecule has 0 atom stereocenters. The van der Waals surface area contributed by atoms with Crippen molar-refractivity contribution >= 4 is 17.4 Å². The second-order valence-electron chi connectivity index (χ2n) is 5.39. The molecule has 3 aromatic rings. The quantitative estimate of drug-likeness (QED) is 0.371. The molecule has 118 valence electrons. The first kappa shape index (κ1) is 15.8. The maximum absolute atomic E-state index is 13.0. The van der Waals surface area contributed by atoms with E-state index in [4.69, 9.17) is 4.74 Å². The summed E-state index contributed by atoms with van der Waals surface area (Å²) in [7, 11) is 1.63. The van der Waals surface area contributed by atoms with Gasteiger partial charge < -0.3 is 4.74 Å². The number of Topliss-reactive ketones (excluding diaryl/α,β-unsaturated/α-hetero) is 1. The highest BCUT2D eigenvalue weighted by atomic mass is 16.5. The van der Waals surface area contributed by atoms with Crippen LogP contribution >= 0.6 is 0 Å². The number of hydrogen-bond donors (Lipinski definition) is 0. The molecule has 0 amide bonds. The summed E-state index contributed by atoms with van der Waals surface area (Å²) in [5.74, 6) is 0.773.